The van der Waals surface area contributed by atoms with Gasteiger partial charge in [-0.2, -0.15) is 0 Å². The Morgan fingerprint density at radius 2 is 1.66 bits per heavy atom. The Labute approximate surface area is 169 Å². The molecule has 0 aliphatic rings. The maximum absolute atomic E-state index is 12.6. The summed E-state index contributed by atoms with van der Waals surface area (Å²) < 4.78 is 17.2. The molecule has 0 saturated carbocycles. The topological polar surface area (TPSA) is 48.7 Å². The average molecular weight is 388 g/mol. The zero-order chi connectivity index (χ0) is 20.5. The normalized spacial score (nSPS) is 11.3. The molecule has 4 nitrogen and oxygen atoms in total. The van der Waals surface area contributed by atoms with Crippen LogP contribution in [0.2, 0.25) is 0 Å². The van der Waals surface area contributed by atoms with Crippen LogP contribution >= 0.6 is 0 Å². The summed E-state index contributed by atoms with van der Waals surface area (Å²) in [5.41, 5.74) is 3.50. The van der Waals surface area contributed by atoms with Crippen LogP contribution in [0.5, 0.6) is 11.5 Å². The van der Waals surface area contributed by atoms with Crippen LogP contribution < -0.4 is 15.1 Å². The SMILES string of the molecule is COc1cc2c(cc1OCc1ccc(C)cc1)oc(=O)c1cc(C(C)C)ccc12. The summed E-state index contributed by atoms with van der Waals surface area (Å²) in [5, 5.41) is 2.26. The number of aryl methyl sites for hydroxylation is 1. The lowest BCUT2D eigenvalue weighted by molar-refractivity contribution is 0.284. The van der Waals surface area contributed by atoms with E-state index in [0.717, 1.165) is 21.9 Å². The first-order valence-corrected chi connectivity index (χ1v) is 9.73. The smallest absolute Gasteiger partial charge is 0.344 e. The number of hydrogen-bond acceptors (Lipinski definition) is 4. The van der Waals surface area contributed by atoms with Crippen LogP contribution in [0.25, 0.3) is 21.7 Å². The fraction of sp³-hybridized carbons (Fsp3) is 0.240. The number of rotatable bonds is 5. The van der Waals surface area contributed by atoms with E-state index in [1.54, 1.807) is 13.2 Å². The molecule has 4 aromatic rings. The van der Waals surface area contributed by atoms with Crippen LogP contribution in [0.15, 0.2) is 63.8 Å². The largest absolute Gasteiger partial charge is 0.493 e. The second-order valence-electron chi connectivity index (χ2n) is 7.62. The van der Waals surface area contributed by atoms with E-state index in [1.807, 2.05) is 49.4 Å². The fourth-order valence-corrected chi connectivity index (χ4v) is 3.43. The Bertz CT molecular complexity index is 1230. The molecule has 0 spiro atoms. The van der Waals surface area contributed by atoms with Gasteiger partial charge in [-0.25, -0.2) is 4.79 Å². The van der Waals surface area contributed by atoms with Gasteiger partial charge in [-0.15, -0.1) is 0 Å². The third kappa shape index (κ3) is 3.70. The van der Waals surface area contributed by atoms with Crippen molar-refractivity contribution in [1.82, 2.24) is 0 Å². The van der Waals surface area contributed by atoms with E-state index in [1.165, 1.54) is 5.56 Å². The Hall–Kier alpha value is -3.27. The highest BCUT2D eigenvalue weighted by atomic mass is 16.5. The van der Waals surface area contributed by atoms with E-state index in [9.17, 15) is 4.79 Å². The monoisotopic (exact) mass is 388 g/mol. The van der Waals surface area contributed by atoms with E-state index >= 15 is 0 Å². The van der Waals surface area contributed by atoms with E-state index in [0.29, 0.717) is 35.0 Å². The number of methoxy groups -OCH3 is 1. The molecule has 1 aromatic heterocycles. The maximum Gasteiger partial charge on any atom is 0.344 e. The van der Waals surface area contributed by atoms with E-state index in [-0.39, 0.29) is 5.63 Å². The maximum atomic E-state index is 12.6. The van der Waals surface area contributed by atoms with Crippen LogP contribution in [0.1, 0.15) is 36.5 Å². The molecular weight excluding hydrogens is 364 g/mol. The molecular formula is C25H24O4. The standard InChI is InChI=1S/C25H24O4/c1-15(2)18-9-10-19-20-12-23(27-4)24(13-22(20)29-25(26)21(19)11-18)28-14-17-7-5-16(3)6-8-17/h5-13,15H,14H2,1-4H3. The van der Waals surface area contributed by atoms with Gasteiger partial charge in [0.1, 0.15) is 12.2 Å². The van der Waals surface area contributed by atoms with Gasteiger partial charge < -0.3 is 13.9 Å². The molecule has 0 aliphatic heterocycles. The highest BCUT2D eigenvalue weighted by Crippen LogP contribution is 2.36. The Kier molecular flexibility index (Phi) is 5.01. The van der Waals surface area contributed by atoms with Gasteiger partial charge >= 0.3 is 5.63 Å². The minimum atomic E-state index is -0.343. The summed E-state index contributed by atoms with van der Waals surface area (Å²) in [7, 11) is 1.61. The predicted octanol–water partition coefficient (Wildman–Crippen LogP) is 5.97. The van der Waals surface area contributed by atoms with Crippen molar-refractivity contribution in [3.63, 3.8) is 0 Å². The summed E-state index contributed by atoms with van der Waals surface area (Å²) in [6, 6.07) is 17.7. The summed E-state index contributed by atoms with van der Waals surface area (Å²) in [6.07, 6.45) is 0. The number of hydrogen-bond donors (Lipinski definition) is 0. The molecule has 4 heteroatoms. The Balaban J connectivity index is 1.79. The van der Waals surface area contributed by atoms with Crippen LogP contribution in [0, 0.1) is 6.92 Å². The lowest BCUT2D eigenvalue weighted by atomic mass is 9.98. The summed E-state index contributed by atoms with van der Waals surface area (Å²) in [6.45, 7) is 6.65. The first-order chi connectivity index (χ1) is 14.0. The first-order valence-electron chi connectivity index (χ1n) is 9.73. The first kappa shape index (κ1) is 19.1. The third-order valence-corrected chi connectivity index (χ3v) is 5.20. The summed E-state index contributed by atoms with van der Waals surface area (Å²) >= 11 is 0. The minimum absolute atomic E-state index is 0.335. The molecule has 0 N–H and O–H groups in total. The summed E-state index contributed by atoms with van der Waals surface area (Å²) in [4.78, 5) is 12.6. The van der Waals surface area contributed by atoms with Crippen molar-refractivity contribution in [2.45, 2.75) is 33.3 Å². The molecule has 0 atom stereocenters. The minimum Gasteiger partial charge on any atom is -0.493 e. The van der Waals surface area contributed by atoms with Crippen LogP contribution in [0.3, 0.4) is 0 Å². The zero-order valence-corrected chi connectivity index (χ0v) is 17.1. The van der Waals surface area contributed by atoms with Gasteiger partial charge in [0.2, 0.25) is 0 Å². The van der Waals surface area contributed by atoms with Crippen molar-refractivity contribution in [3.05, 3.63) is 81.7 Å². The molecule has 0 radical (unpaired) electrons. The summed E-state index contributed by atoms with van der Waals surface area (Å²) in [5.74, 6) is 1.48. The van der Waals surface area contributed by atoms with Crippen molar-refractivity contribution in [3.8, 4) is 11.5 Å². The number of ether oxygens (including phenoxy) is 2. The van der Waals surface area contributed by atoms with Crippen molar-refractivity contribution >= 4 is 21.7 Å². The Morgan fingerprint density at radius 1 is 0.897 bits per heavy atom. The van der Waals surface area contributed by atoms with Crippen molar-refractivity contribution in [1.29, 1.82) is 0 Å². The van der Waals surface area contributed by atoms with E-state index in [2.05, 4.69) is 19.9 Å². The van der Waals surface area contributed by atoms with Gasteiger partial charge in [-0.05, 0) is 36.1 Å². The number of benzene rings is 3. The molecule has 0 aliphatic carbocycles. The molecule has 148 valence electrons. The average Bonchev–Trinajstić information content (AvgIpc) is 2.72. The molecule has 4 rings (SSSR count). The fourth-order valence-electron chi connectivity index (χ4n) is 3.43. The molecule has 0 unspecified atom stereocenters. The van der Waals surface area contributed by atoms with Crippen LogP contribution in [0.4, 0.5) is 0 Å². The van der Waals surface area contributed by atoms with Gasteiger partial charge in [0.25, 0.3) is 0 Å². The van der Waals surface area contributed by atoms with Gasteiger partial charge in [0.05, 0.1) is 12.5 Å². The molecule has 1 heterocycles. The van der Waals surface area contributed by atoms with Crippen molar-refractivity contribution in [2.75, 3.05) is 7.11 Å². The van der Waals surface area contributed by atoms with Crippen molar-refractivity contribution < 1.29 is 13.9 Å². The highest BCUT2D eigenvalue weighted by molar-refractivity contribution is 6.05. The third-order valence-electron chi connectivity index (χ3n) is 5.20. The Morgan fingerprint density at radius 3 is 2.34 bits per heavy atom. The molecule has 0 fully saturated rings. The van der Waals surface area contributed by atoms with Gasteiger partial charge in [0, 0.05) is 16.8 Å². The van der Waals surface area contributed by atoms with Gasteiger partial charge in [-0.3, -0.25) is 0 Å². The highest BCUT2D eigenvalue weighted by Gasteiger charge is 2.14. The lowest BCUT2D eigenvalue weighted by Crippen LogP contribution is -2.03. The quantitative estimate of drug-likeness (QED) is 0.312. The van der Waals surface area contributed by atoms with Crippen LogP contribution in [-0.2, 0) is 6.61 Å². The molecule has 0 amide bonds. The number of fused-ring (bicyclic) bond motifs is 3. The molecule has 0 bridgehead atoms. The molecule has 3 aromatic carbocycles. The second kappa shape index (κ2) is 7.63. The zero-order valence-electron chi connectivity index (χ0n) is 17.1. The lowest BCUT2D eigenvalue weighted by Gasteiger charge is -2.13. The van der Waals surface area contributed by atoms with Crippen LogP contribution in [-0.4, -0.2) is 7.11 Å². The second-order valence-corrected chi connectivity index (χ2v) is 7.62. The van der Waals surface area contributed by atoms with Gasteiger partial charge in [-0.1, -0.05) is 55.8 Å². The van der Waals surface area contributed by atoms with E-state index in [4.69, 9.17) is 13.9 Å². The van der Waals surface area contributed by atoms with Crippen molar-refractivity contribution in [2.24, 2.45) is 0 Å². The van der Waals surface area contributed by atoms with Gasteiger partial charge in [0.15, 0.2) is 11.5 Å². The molecule has 0 saturated heterocycles. The molecule has 29 heavy (non-hydrogen) atoms. The van der Waals surface area contributed by atoms with E-state index < -0.39 is 0 Å². The predicted molar refractivity (Wildman–Crippen MR) is 116 cm³/mol.